The quantitative estimate of drug-likeness (QED) is 0.0513. The fourth-order valence-corrected chi connectivity index (χ4v) is 13.3. The molecule has 0 fully saturated rings. The van der Waals surface area contributed by atoms with Crippen LogP contribution in [-0.4, -0.2) is 123 Å². The first-order chi connectivity index (χ1) is 46.2. The number of carbonyl (C=O) groups excluding carboxylic acids is 5. The van der Waals surface area contributed by atoms with Gasteiger partial charge in [0, 0.05) is 117 Å². The molecule has 0 spiro atoms. The van der Waals surface area contributed by atoms with Crippen molar-refractivity contribution in [2.45, 2.75) is 426 Å². The first kappa shape index (κ1) is 91.6. The first-order valence-electron chi connectivity index (χ1n) is 42.2. The van der Waals surface area contributed by atoms with E-state index in [4.69, 9.17) is 0 Å². The van der Waals surface area contributed by atoms with E-state index in [2.05, 4.69) is 65.3 Å². The molecule has 3 N–H and O–H groups in total. The number of amides is 3. The summed E-state index contributed by atoms with van der Waals surface area (Å²) in [6, 6.07) is 0. The maximum Gasteiger partial charge on any atom is 0.221 e. The number of nitrogens with one attached hydrogen (secondary N) is 3. The van der Waals surface area contributed by atoms with Crippen molar-refractivity contribution in [3.8, 4) is 0 Å². The Labute approximate surface area is 585 Å². The molecular formula is C83H164N6O5. The fourth-order valence-electron chi connectivity index (χ4n) is 13.3. The summed E-state index contributed by atoms with van der Waals surface area (Å²) >= 11 is 0. The van der Waals surface area contributed by atoms with Crippen molar-refractivity contribution in [3.05, 3.63) is 0 Å². The maximum absolute atomic E-state index is 13.7. The van der Waals surface area contributed by atoms with Gasteiger partial charge in [-0.1, -0.05) is 336 Å². The number of unbranched alkanes of at least 4 members (excludes halogenated alkanes) is 48. The standard InChI is InChI=1S/C83H164N6O5/c1-6-11-16-21-26-31-36-38-43-48-54-62-80(91)63-71-89(78-76-88(73-65-82(93)85-68-57-50-45-40-34-29-24-19-14-9-4)74-66-83(94)86-69-58-51-46-41-35-30-25-20-15-10-5)77-75-87(72-64-81(92)84-67-56-49-44-39-33-28-23-18-13-8-3)70-59-52-55-61-79(90)60-53-47-42-37-32-27-22-17-12-7-2/h6-78H2,1-5H3,(H,84,92)(H,85,93)(H,86,94). The Morgan fingerprint density at radius 3 is 0.617 bits per heavy atom. The van der Waals surface area contributed by atoms with Crippen LogP contribution < -0.4 is 16.0 Å². The van der Waals surface area contributed by atoms with E-state index in [0.717, 1.165) is 110 Å². The topological polar surface area (TPSA) is 131 Å². The third kappa shape index (κ3) is 70.9. The SMILES string of the molecule is CCCCCCCCCCCCCC(=O)CCN(CCN(CCCCCC(=O)CCCCCCCCCCCC)CCC(=O)NCCCCCCCCCCCC)CCN(CCC(=O)NCCCCCCCCCCCC)CCC(=O)NCCCCCCCCCCCC. The van der Waals surface area contributed by atoms with Gasteiger partial charge in [-0.2, -0.15) is 0 Å². The second-order valence-corrected chi connectivity index (χ2v) is 29.2. The van der Waals surface area contributed by atoms with Crippen LogP contribution in [0.25, 0.3) is 0 Å². The second-order valence-electron chi connectivity index (χ2n) is 29.2. The van der Waals surface area contributed by atoms with Crippen molar-refractivity contribution in [3.63, 3.8) is 0 Å². The lowest BCUT2D eigenvalue weighted by Crippen LogP contribution is -2.43. The summed E-state index contributed by atoms with van der Waals surface area (Å²) in [4.78, 5) is 74.1. The zero-order valence-electron chi connectivity index (χ0n) is 64.0. The van der Waals surface area contributed by atoms with Gasteiger partial charge in [0.15, 0.2) is 0 Å². The van der Waals surface area contributed by atoms with Gasteiger partial charge in [0.25, 0.3) is 0 Å². The van der Waals surface area contributed by atoms with Gasteiger partial charge >= 0.3 is 0 Å². The molecule has 0 bridgehead atoms. The molecule has 0 rings (SSSR count). The van der Waals surface area contributed by atoms with Gasteiger partial charge in [-0.25, -0.2) is 0 Å². The monoisotopic (exact) mass is 1330 g/mol. The molecular weight excluding hydrogens is 1160 g/mol. The number of hydrogen-bond donors (Lipinski definition) is 3. The van der Waals surface area contributed by atoms with E-state index in [0.29, 0.717) is 102 Å². The van der Waals surface area contributed by atoms with Gasteiger partial charge in [0.1, 0.15) is 11.6 Å². The van der Waals surface area contributed by atoms with Crippen molar-refractivity contribution in [2.75, 3.05) is 78.5 Å². The molecule has 0 aromatic heterocycles. The minimum atomic E-state index is 0.0813. The highest BCUT2D eigenvalue weighted by Crippen LogP contribution is 2.17. The first-order valence-corrected chi connectivity index (χ1v) is 42.2. The minimum Gasteiger partial charge on any atom is -0.356 e. The molecule has 11 heteroatoms. The molecule has 556 valence electrons. The molecule has 94 heavy (non-hydrogen) atoms. The Balaban J connectivity index is 6.03. The second kappa shape index (κ2) is 76.4. The molecule has 0 saturated carbocycles. The Kier molecular flexibility index (Phi) is 74.5. The van der Waals surface area contributed by atoms with E-state index in [1.165, 1.54) is 270 Å². The summed E-state index contributed by atoms with van der Waals surface area (Å²) < 4.78 is 0. The van der Waals surface area contributed by atoms with Crippen molar-refractivity contribution in [2.24, 2.45) is 0 Å². The van der Waals surface area contributed by atoms with Crippen LogP contribution in [0, 0.1) is 0 Å². The smallest absolute Gasteiger partial charge is 0.221 e. The normalized spacial score (nSPS) is 11.7. The molecule has 0 saturated heterocycles. The Morgan fingerprint density at radius 1 is 0.181 bits per heavy atom. The van der Waals surface area contributed by atoms with Gasteiger partial charge in [-0.05, 0) is 51.5 Å². The number of carbonyl (C=O) groups is 5. The number of nitrogens with zero attached hydrogens (tertiary/aromatic N) is 3. The lowest BCUT2D eigenvalue weighted by molar-refractivity contribution is -0.122. The molecule has 0 aliphatic rings. The zero-order valence-corrected chi connectivity index (χ0v) is 64.0. The number of Topliss-reactive ketones (excluding diaryl/α,β-unsaturated/α-hetero) is 2. The molecule has 0 aliphatic carbocycles. The van der Waals surface area contributed by atoms with Crippen LogP contribution in [0.15, 0.2) is 0 Å². The van der Waals surface area contributed by atoms with Crippen molar-refractivity contribution < 1.29 is 24.0 Å². The summed E-state index contributed by atoms with van der Waals surface area (Å²) in [5, 5.41) is 9.69. The molecule has 3 amide bonds. The van der Waals surface area contributed by atoms with E-state index in [9.17, 15) is 24.0 Å². The van der Waals surface area contributed by atoms with Crippen LogP contribution in [0.2, 0.25) is 0 Å². The fraction of sp³-hybridized carbons (Fsp3) is 0.940. The molecule has 0 aromatic carbocycles. The number of hydrogen-bond acceptors (Lipinski definition) is 8. The highest BCUT2D eigenvalue weighted by atomic mass is 16.2. The molecule has 0 radical (unpaired) electrons. The van der Waals surface area contributed by atoms with Crippen LogP contribution in [0.1, 0.15) is 426 Å². The predicted molar refractivity (Wildman–Crippen MR) is 408 cm³/mol. The van der Waals surface area contributed by atoms with Crippen LogP contribution in [-0.2, 0) is 24.0 Å². The van der Waals surface area contributed by atoms with Crippen molar-refractivity contribution >= 4 is 29.3 Å². The van der Waals surface area contributed by atoms with Crippen LogP contribution >= 0.6 is 0 Å². The zero-order chi connectivity index (χ0) is 68.4. The van der Waals surface area contributed by atoms with Crippen LogP contribution in [0.4, 0.5) is 0 Å². The highest BCUT2D eigenvalue weighted by molar-refractivity contribution is 5.79. The summed E-state index contributed by atoms with van der Waals surface area (Å²) in [5.74, 6) is 1.04. The largest absolute Gasteiger partial charge is 0.356 e. The van der Waals surface area contributed by atoms with E-state index >= 15 is 0 Å². The van der Waals surface area contributed by atoms with E-state index in [-0.39, 0.29) is 17.7 Å². The highest BCUT2D eigenvalue weighted by Gasteiger charge is 2.17. The molecule has 0 atom stereocenters. The van der Waals surface area contributed by atoms with Crippen molar-refractivity contribution in [1.29, 1.82) is 0 Å². The van der Waals surface area contributed by atoms with Gasteiger partial charge < -0.3 is 30.7 Å². The summed E-state index contributed by atoms with van der Waals surface area (Å²) in [5.41, 5.74) is 0. The molecule has 11 nitrogen and oxygen atoms in total. The third-order valence-corrected chi connectivity index (χ3v) is 20.0. The predicted octanol–water partition coefficient (Wildman–Crippen LogP) is 22.3. The molecule has 0 heterocycles. The van der Waals surface area contributed by atoms with Gasteiger partial charge in [0.05, 0.1) is 0 Å². The Morgan fingerprint density at radius 2 is 0.362 bits per heavy atom. The van der Waals surface area contributed by atoms with Gasteiger partial charge in [-0.15, -0.1) is 0 Å². The maximum atomic E-state index is 13.7. The number of ketones is 2. The lowest BCUT2D eigenvalue weighted by atomic mass is 10.0. The van der Waals surface area contributed by atoms with Crippen molar-refractivity contribution in [1.82, 2.24) is 30.7 Å². The van der Waals surface area contributed by atoms with Gasteiger partial charge in [-0.3, -0.25) is 24.0 Å². The van der Waals surface area contributed by atoms with E-state index in [1.54, 1.807) is 0 Å². The van der Waals surface area contributed by atoms with Crippen LogP contribution in [0.5, 0.6) is 0 Å². The average Bonchev–Trinajstić information content (AvgIpc) is 3.20. The molecule has 0 aromatic rings. The van der Waals surface area contributed by atoms with E-state index < -0.39 is 0 Å². The summed E-state index contributed by atoms with van der Waals surface area (Å²) in [6.45, 7) is 20.0. The number of rotatable bonds is 80. The Bertz CT molecular complexity index is 1570. The molecule has 0 aliphatic heterocycles. The summed E-state index contributed by atoms with van der Waals surface area (Å²) in [7, 11) is 0. The summed E-state index contributed by atoms with van der Waals surface area (Å²) in [6.07, 6.45) is 71.5. The minimum absolute atomic E-state index is 0.0813. The van der Waals surface area contributed by atoms with Gasteiger partial charge in [0.2, 0.25) is 17.7 Å². The van der Waals surface area contributed by atoms with Crippen LogP contribution in [0.3, 0.4) is 0 Å². The van der Waals surface area contributed by atoms with E-state index in [1.807, 2.05) is 0 Å². The Hall–Kier alpha value is -2.37. The average molecular weight is 1330 g/mol. The lowest BCUT2D eigenvalue weighted by Gasteiger charge is -2.30. The molecule has 0 unspecified atom stereocenters. The third-order valence-electron chi connectivity index (χ3n) is 20.0.